The largest absolute Gasteiger partial charge is 0.472 e. The molecule has 0 aliphatic carbocycles. The second-order valence-electron chi connectivity index (χ2n) is 10.4. The van der Waals surface area contributed by atoms with E-state index in [1.54, 1.807) is 0 Å². The summed E-state index contributed by atoms with van der Waals surface area (Å²) in [6.45, 7) is 1.14. The molecule has 2 aliphatic heterocycles. The first-order chi connectivity index (χ1) is 21.1. The minimum Gasteiger partial charge on any atom is -0.380 e. The fraction of sp³-hybridized carbons (Fsp3) is 0.913. The zero-order chi connectivity index (χ0) is 33.7. The minimum absolute atomic E-state index is 0.0325. The van der Waals surface area contributed by atoms with Crippen molar-refractivity contribution >= 4 is 50.9 Å². The standard InChI is InChI=1S/C23H43B2N2O15P3/c1-4-5-6-7-9-22(28)26-11-8-10-23(29)27-43(30,37-14-18-17(13-21(25)39-18)42-45(33,34)36-3)41-16-12-20(24)40-19(16)15-38-44(31,32)35-2/h16-21H,4-15H2,1-3H3,(H,26,28)(H,31,32)(H,33,34)(H,27,29,30). The van der Waals surface area contributed by atoms with Crippen LogP contribution in [0.1, 0.15) is 64.7 Å². The normalized spacial score (nSPS) is 29.0. The van der Waals surface area contributed by atoms with E-state index in [9.17, 15) is 33.1 Å². The molecule has 0 aromatic heterocycles. The first-order valence-electron chi connectivity index (χ1n) is 14.5. The molecule has 0 aromatic carbocycles. The van der Waals surface area contributed by atoms with Gasteiger partial charge >= 0.3 is 23.4 Å². The lowest BCUT2D eigenvalue weighted by Crippen LogP contribution is -2.34. The van der Waals surface area contributed by atoms with Gasteiger partial charge in [0.2, 0.25) is 11.8 Å². The molecule has 0 aromatic rings. The Labute approximate surface area is 266 Å². The van der Waals surface area contributed by atoms with E-state index in [2.05, 4.69) is 26.4 Å². The average Bonchev–Trinajstić information content (AvgIpc) is 3.50. The number of hydrogen-bond acceptors (Lipinski definition) is 13. The van der Waals surface area contributed by atoms with Gasteiger partial charge in [-0.05, 0) is 25.7 Å². The summed E-state index contributed by atoms with van der Waals surface area (Å²) in [4.78, 5) is 44.1. The maximum atomic E-state index is 13.9. The summed E-state index contributed by atoms with van der Waals surface area (Å²) >= 11 is 0. The Morgan fingerprint density at radius 1 is 0.800 bits per heavy atom. The number of unbranched alkanes of at least 4 members (excludes halogenated alkanes) is 3. The van der Waals surface area contributed by atoms with E-state index in [0.717, 1.165) is 39.9 Å². The van der Waals surface area contributed by atoms with E-state index in [4.69, 9.17) is 43.3 Å². The maximum Gasteiger partial charge on any atom is 0.472 e. The molecule has 2 fully saturated rings. The van der Waals surface area contributed by atoms with E-state index in [1.165, 1.54) is 0 Å². The van der Waals surface area contributed by atoms with Crippen molar-refractivity contribution in [3.63, 3.8) is 0 Å². The van der Waals surface area contributed by atoms with Crippen molar-refractivity contribution in [2.24, 2.45) is 0 Å². The van der Waals surface area contributed by atoms with Crippen LogP contribution in [0.15, 0.2) is 0 Å². The van der Waals surface area contributed by atoms with Gasteiger partial charge in [-0.3, -0.25) is 41.8 Å². The van der Waals surface area contributed by atoms with Crippen molar-refractivity contribution in [3.8, 4) is 0 Å². The molecule has 2 aliphatic rings. The Balaban J connectivity index is 2.07. The first kappa shape index (κ1) is 40.5. The molecule has 2 amide bonds. The van der Waals surface area contributed by atoms with Crippen molar-refractivity contribution in [2.75, 3.05) is 34.0 Å². The Bertz CT molecular complexity index is 1090. The summed E-state index contributed by atoms with van der Waals surface area (Å²) < 4.78 is 78.5. The summed E-state index contributed by atoms with van der Waals surface area (Å²) in [6, 6.07) is -1.87. The molecule has 22 heteroatoms. The van der Waals surface area contributed by atoms with Crippen LogP contribution in [-0.4, -0.2) is 108 Å². The zero-order valence-electron chi connectivity index (χ0n) is 25.6. The second-order valence-corrected chi connectivity index (χ2v) is 15.1. The van der Waals surface area contributed by atoms with Crippen molar-refractivity contribution in [1.82, 2.24) is 10.4 Å². The number of phosphoric ester groups is 2. The predicted molar refractivity (Wildman–Crippen MR) is 160 cm³/mol. The zero-order valence-corrected chi connectivity index (χ0v) is 28.3. The van der Waals surface area contributed by atoms with E-state index >= 15 is 0 Å². The molecular weight excluding hydrogens is 659 g/mol. The predicted octanol–water partition coefficient (Wildman–Crippen LogP) is 1.94. The van der Waals surface area contributed by atoms with Gasteiger partial charge in [-0.2, -0.15) is 0 Å². The van der Waals surface area contributed by atoms with E-state index < -0.39 is 78.9 Å². The van der Waals surface area contributed by atoms with Crippen LogP contribution >= 0.6 is 23.4 Å². The van der Waals surface area contributed by atoms with E-state index in [1.807, 2.05) is 0 Å². The molecule has 256 valence electrons. The Kier molecular flexibility index (Phi) is 17.5. The molecule has 45 heavy (non-hydrogen) atoms. The third-order valence-corrected chi connectivity index (χ3v) is 10.2. The number of phosphoric acid groups is 2. The maximum absolute atomic E-state index is 13.9. The highest BCUT2D eigenvalue weighted by Crippen LogP contribution is 2.50. The molecular formula is C23H43B2N2O15P3. The Morgan fingerprint density at radius 2 is 1.36 bits per heavy atom. The molecule has 4 radical (unpaired) electrons. The van der Waals surface area contributed by atoms with E-state index in [-0.39, 0.29) is 38.1 Å². The molecule has 2 saturated heterocycles. The molecule has 0 bridgehead atoms. The molecule has 2 heterocycles. The van der Waals surface area contributed by atoms with Crippen molar-refractivity contribution < 1.29 is 69.7 Å². The number of hydrogen-bond donors (Lipinski definition) is 4. The fourth-order valence-corrected chi connectivity index (χ4v) is 6.98. The second kappa shape index (κ2) is 19.4. The molecule has 9 unspecified atom stereocenters. The highest BCUT2D eigenvalue weighted by Gasteiger charge is 2.44. The van der Waals surface area contributed by atoms with Crippen LogP contribution in [-0.2, 0) is 59.9 Å². The van der Waals surface area contributed by atoms with Gasteiger partial charge in [-0.15, -0.1) is 0 Å². The van der Waals surface area contributed by atoms with Crippen LogP contribution in [0.4, 0.5) is 0 Å². The number of nitrogens with one attached hydrogen (secondary N) is 2. The smallest absolute Gasteiger partial charge is 0.380 e. The minimum atomic E-state index is -4.59. The first-order valence-corrected chi connectivity index (χ1v) is 19.1. The third kappa shape index (κ3) is 15.4. The van der Waals surface area contributed by atoms with Crippen LogP contribution < -0.4 is 10.4 Å². The van der Waals surface area contributed by atoms with Gasteiger partial charge < -0.3 is 24.6 Å². The lowest BCUT2D eigenvalue weighted by atomic mass is 9.96. The number of amides is 2. The lowest BCUT2D eigenvalue weighted by molar-refractivity contribution is -0.122. The van der Waals surface area contributed by atoms with Crippen molar-refractivity contribution in [2.45, 2.75) is 101 Å². The number of carbonyl (C=O) groups excluding carboxylic acids is 2. The topological polar surface area (TPSA) is 224 Å². The Hall–Kier alpha value is -0.640. The van der Waals surface area contributed by atoms with Gasteiger partial charge in [0.05, 0.1) is 25.4 Å². The molecule has 0 saturated carbocycles. The molecule has 2 rings (SSSR count). The number of carbonyl (C=O) groups is 2. The van der Waals surface area contributed by atoms with Crippen LogP contribution in [0, 0.1) is 0 Å². The summed E-state index contributed by atoms with van der Waals surface area (Å²) in [5.74, 6) is -0.884. The third-order valence-electron chi connectivity index (χ3n) is 6.69. The molecule has 9 atom stereocenters. The number of rotatable bonds is 22. The summed E-state index contributed by atoms with van der Waals surface area (Å²) in [7, 11) is 0.128. The summed E-state index contributed by atoms with van der Waals surface area (Å²) in [6.07, 6.45) is -0.369. The van der Waals surface area contributed by atoms with Gasteiger partial charge in [-0.25, -0.2) is 13.7 Å². The molecule has 17 nitrogen and oxygen atoms in total. The van der Waals surface area contributed by atoms with Crippen LogP contribution in [0.2, 0.25) is 0 Å². The quantitative estimate of drug-likeness (QED) is 0.0719. The highest BCUT2D eigenvalue weighted by molar-refractivity contribution is 7.52. The summed E-state index contributed by atoms with van der Waals surface area (Å²) in [5, 5.41) is 4.95. The lowest BCUT2D eigenvalue weighted by Gasteiger charge is -2.27. The fourth-order valence-electron chi connectivity index (χ4n) is 4.37. The van der Waals surface area contributed by atoms with Gasteiger partial charge in [-0.1, -0.05) is 26.2 Å². The van der Waals surface area contributed by atoms with E-state index in [0.29, 0.717) is 6.42 Å². The van der Waals surface area contributed by atoms with Crippen LogP contribution in [0.25, 0.3) is 0 Å². The van der Waals surface area contributed by atoms with Crippen LogP contribution in [0.5, 0.6) is 0 Å². The monoisotopic (exact) mass is 702 g/mol. The van der Waals surface area contributed by atoms with Crippen LogP contribution in [0.3, 0.4) is 0 Å². The van der Waals surface area contributed by atoms with Gasteiger partial charge in [0.25, 0.3) is 0 Å². The molecule has 0 spiro atoms. The SMILES string of the molecule is [B]C1CC(OP(=O)(O)OC)C(COP(=O)(NC(=O)CCCNC(=O)CCCCCC)OC2CC([B])OC2COP(=O)(O)OC)O1. The summed E-state index contributed by atoms with van der Waals surface area (Å²) in [5.41, 5.74) is 0. The van der Waals surface area contributed by atoms with Crippen molar-refractivity contribution in [1.29, 1.82) is 0 Å². The Morgan fingerprint density at radius 3 is 1.93 bits per heavy atom. The average molecular weight is 702 g/mol. The van der Waals surface area contributed by atoms with Gasteiger partial charge in [0.1, 0.15) is 27.9 Å². The van der Waals surface area contributed by atoms with Crippen molar-refractivity contribution in [3.05, 3.63) is 0 Å². The highest BCUT2D eigenvalue weighted by atomic mass is 31.2. The van der Waals surface area contributed by atoms with Gasteiger partial charge in [0.15, 0.2) is 0 Å². The number of ether oxygens (including phenoxy) is 2. The van der Waals surface area contributed by atoms with Gasteiger partial charge in [0, 0.05) is 45.6 Å². The molecule has 4 N–H and O–H groups in total.